The fraction of sp³-hybridized carbons (Fsp3) is 0.258. The Balaban J connectivity index is 1.66. The number of carbonyl (C=O) groups is 1. The summed E-state index contributed by atoms with van der Waals surface area (Å²) < 4.78 is 7.15. The Morgan fingerprint density at radius 2 is 1.93 bits per heavy atom. The number of hydrogen-bond acceptors (Lipinski definition) is 6. The number of thiocarbonyl (C=S) groups is 1. The first kappa shape index (κ1) is 28.7. The van der Waals surface area contributed by atoms with Crippen molar-refractivity contribution in [3.05, 3.63) is 105 Å². The van der Waals surface area contributed by atoms with Crippen LogP contribution in [0.3, 0.4) is 0 Å². The highest BCUT2D eigenvalue weighted by Gasteiger charge is 2.42. The molecule has 1 amide bonds. The van der Waals surface area contributed by atoms with Crippen molar-refractivity contribution in [1.29, 1.82) is 0 Å². The number of ether oxygens (including phenoxy) is 1. The molecule has 1 aliphatic heterocycles. The second-order valence-corrected chi connectivity index (χ2v) is 10.6. The molecule has 0 bridgehead atoms. The summed E-state index contributed by atoms with van der Waals surface area (Å²) >= 11 is 5.91. The Kier molecular flexibility index (Phi) is 7.95. The van der Waals surface area contributed by atoms with E-state index in [1.807, 2.05) is 68.7 Å². The van der Waals surface area contributed by atoms with E-state index in [-0.39, 0.29) is 23.7 Å². The van der Waals surface area contributed by atoms with Gasteiger partial charge in [0.2, 0.25) is 5.91 Å². The number of pyridine rings is 1. The maximum Gasteiger partial charge on any atom is 0.296 e. The fourth-order valence-corrected chi connectivity index (χ4v) is 5.89. The van der Waals surface area contributed by atoms with E-state index < -0.39 is 4.92 Å². The van der Waals surface area contributed by atoms with Crippen LogP contribution < -0.4 is 20.3 Å². The topological polar surface area (TPSA) is 115 Å². The molecule has 2 atom stereocenters. The van der Waals surface area contributed by atoms with Gasteiger partial charge in [-0.2, -0.15) is 0 Å². The van der Waals surface area contributed by atoms with Crippen LogP contribution in [-0.4, -0.2) is 32.6 Å². The molecule has 5 rings (SSSR count). The minimum absolute atomic E-state index is 0.0544. The number of amides is 1. The summed E-state index contributed by atoms with van der Waals surface area (Å²) in [5.41, 5.74) is 6.32. The van der Waals surface area contributed by atoms with Crippen LogP contribution in [0.1, 0.15) is 53.6 Å². The number of aryl methyl sites for hydroxylation is 2. The molecular weight excluding hydrogens is 552 g/mol. The van der Waals surface area contributed by atoms with Gasteiger partial charge in [-0.15, -0.1) is 0 Å². The zero-order valence-electron chi connectivity index (χ0n) is 24.0. The second kappa shape index (κ2) is 11.6. The van der Waals surface area contributed by atoms with Crippen molar-refractivity contribution in [3.63, 3.8) is 0 Å². The van der Waals surface area contributed by atoms with E-state index >= 15 is 0 Å². The highest BCUT2D eigenvalue weighted by Crippen LogP contribution is 2.45. The second-order valence-electron chi connectivity index (χ2n) is 10.2. The average Bonchev–Trinajstić information content (AvgIpc) is 3.48. The number of carbonyl (C=O) groups excluding carboxylic acids is 1. The Morgan fingerprint density at radius 3 is 2.57 bits per heavy atom. The number of rotatable bonds is 8. The van der Waals surface area contributed by atoms with E-state index in [1.54, 1.807) is 18.3 Å². The zero-order valence-corrected chi connectivity index (χ0v) is 24.9. The third-order valence-electron chi connectivity index (χ3n) is 7.59. The number of anilines is 2. The molecule has 42 heavy (non-hydrogen) atoms. The van der Waals surface area contributed by atoms with Crippen LogP contribution >= 0.6 is 12.2 Å². The highest BCUT2D eigenvalue weighted by atomic mass is 32.1. The molecule has 10 nitrogen and oxygen atoms in total. The van der Waals surface area contributed by atoms with Crippen LogP contribution in [0.2, 0.25) is 0 Å². The molecule has 0 radical (unpaired) electrons. The number of methoxy groups -OCH3 is 1. The Labute approximate surface area is 249 Å². The van der Waals surface area contributed by atoms with Gasteiger partial charge in [-0.25, -0.2) is 0 Å². The highest BCUT2D eigenvalue weighted by molar-refractivity contribution is 7.80. The molecule has 3 heterocycles. The number of nitro benzene ring substituents is 1. The smallest absolute Gasteiger partial charge is 0.296 e. The molecule has 1 fully saturated rings. The molecule has 2 N–H and O–H groups in total. The van der Waals surface area contributed by atoms with Crippen molar-refractivity contribution in [2.45, 2.75) is 46.2 Å². The summed E-state index contributed by atoms with van der Waals surface area (Å²) in [7, 11) is 1.48. The lowest BCUT2D eigenvalue weighted by molar-refractivity contribution is -0.384. The van der Waals surface area contributed by atoms with Gasteiger partial charge in [0, 0.05) is 35.4 Å². The summed E-state index contributed by atoms with van der Waals surface area (Å²) in [5, 5.41) is 19.0. The largest absolute Gasteiger partial charge is 0.496 e. The van der Waals surface area contributed by atoms with E-state index in [9.17, 15) is 14.9 Å². The predicted octanol–water partition coefficient (Wildman–Crippen LogP) is 6.24. The monoisotopic (exact) mass is 584 g/mol. The minimum atomic E-state index is -0.396. The molecule has 4 aromatic rings. The SMILES string of the molecule is CCC(=O)Nc1ccc(N2C(=S)N[C@H](c3ccccn3)[C@H]2c2cc(C)n(-c3ccc(OC)cc3[N+](=O)[O-])c2C)cc1C. The predicted molar refractivity (Wildman–Crippen MR) is 166 cm³/mol. The number of nitrogens with zero attached hydrogens (tertiary/aromatic N) is 4. The third-order valence-corrected chi connectivity index (χ3v) is 7.91. The van der Waals surface area contributed by atoms with Gasteiger partial charge in [0.25, 0.3) is 5.69 Å². The lowest BCUT2D eigenvalue weighted by atomic mass is 9.96. The molecule has 0 spiro atoms. The summed E-state index contributed by atoms with van der Waals surface area (Å²) in [6.07, 6.45) is 2.14. The molecule has 11 heteroatoms. The lowest BCUT2D eigenvalue weighted by Crippen LogP contribution is -2.29. The maximum absolute atomic E-state index is 12.1. The molecule has 0 unspecified atom stereocenters. The van der Waals surface area contributed by atoms with Gasteiger partial charge in [0.05, 0.1) is 35.9 Å². The van der Waals surface area contributed by atoms with Gasteiger partial charge < -0.3 is 24.8 Å². The molecular formula is C31H32N6O4S. The van der Waals surface area contributed by atoms with Crippen LogP contribution in [0.25, 0.3) is 5.69 Å². The Bertz CT molecular complexity index is 1690. The van der Waals surface area contributed by atoms with Crippen molar-refractivity contribution >= 4 is 40.3 Å². The molecule has 0 saturated carbocycles. The van der Waals surface area contributed by atoms with Crippen molar-refractivity contribution < 1.29 is 14.5 Å². The van der Waals surface area contributed by atoms with Crippen molar-refractivity contribution in [2.24, 2.45) is 0 Å². The van der Waals surface area contributed by atoms with Gasteiger partial charge >= 0.3 is 0 Å². The van der Waals surface area contributed by atoms with E-state index in [4.69, 9.17) is 17.0 Å². The number of benzene rings is 2. The lowest BCUT2D eigenvalue weighted by Gasteiger charge is -2.29. The molecule has 216 valence electrons. The quantitative estimate of drug-likeness (QED) is 0.142. The molecule has 2 aromatic carbocycles. The standard InChI is InChI=1S/C31H32N6O4S/c1-6-28(38)33-24-12-10-21(15-18(24)2)36-30(29(34-31(36)42)25-9-7-8-14-32-25)23-16-19(3)35(20(23)4)26-13-11-22(41-5)17-27(26)37(39)40/h7-17,29-30H,6H2,1-5H3,(H,33,38)(H,34,42)/t29-,30-/m1/s1. The van der Waals surface area contributed by atoms with Gasteiger partial charge in [0.1, 0.15) is 11.4 Å². The molecule has 2 aromatic heterocycles. The summed E-state index contributed by atoms with van der Waals surface area (Å²) in [6.45, 7) is 7.65. The Morgan fingerprint density at radius 1 is 1.14 bits per heavy atom. The van der Waals surface area contributed by atoms with Crippen molar-refractivity contribution in [1.82, 2.24) is 14.9 Å². The molecule has 0 aliphatic carbocycles. The fourth-order valence-electron chi connectivity index (χ4n) is 5.55. The number of hydrogen-bond donors (Lipinski definition) is 2. The van der Waals surface area contributed by atoms with Crippen molar-refractivity contribution in [3.8, 4) is 11.4 Å². The van der Waals surface area contributed by atoms with Crippen LogP contribution in [0.5, 0.6) is 5.75 Å². The van der Waals surface area contributed by atoms with Crippen molar-refractivity contribution in [2.75, 3.05) is 17.3 Å². The van der Waals surface area contributed by atoms with Crippen LogP contribution in [0, 0.1) is 30.9 Å². The van der Waals surface area contributed by atoms with Gasteiger partial charge in [-0.05, 0) is 92.6 Å². The first-order valence-electron chi connectivity index (χ1n) is 13.6. The van der Waals surface area contributed by atoms with Crippen LogP contribution in [0.4, 0.5) is 17.1 Å². The summed E-state index contributed by atoms with van der Waals surface area (Å²) in [6, 6.07) is 17.9. The maximum atomic E-state index is 12.1. The normalized spacial score (nSPS) is 16.3. The van der Waals surface area contributed by atoms with Crippen LogP contribution in [-0.2, 0) is 4.79 Å². The van der Waals surface area contributed by atoms with E-state index in [0.29, 0.717) is 23.0 Å². The van der Waals surface area contributed by atoms with Crippen LogP contribution in [0.15, 0.2) is 66.9 Å². The molecule has 1 saturated heterocycles. The van der Waals surface area contributed by atoms with E-state index in [1.165, 1.54) is 13.2 Å². The first-order chi connectivity index (χ1) is 20.1. The first-order valence-corrected chi connectivity index (χ1v) is 14.0. The summed E-state index contributed by atoms with van der Waals surface area (Å²) in [4.78, 5) is 30.4. The van der Waals surface area contributed by atoms with Gasteiger partial charge in [-0.1, -0.05) is 13.0 Å². The number of nitrogens with one attached hydrogen (secondary N) is 2. The Hall–Kier alpha value is -4.77. The third kappa shape index (κ3) is 5.18. The van der Waals surface area contributed by atoms with Gasteiger partial charge in [0.15, 0.2) is 5.11 Å². The minimum Gasteiger partial charge on any atom is -0.496 e. The molecule has 1 aliphatic rings. The zero-order chi connectivity index (χ0) is 30.1. The number of aromatic nitrogens is 2. The average molecular weight is 585 g/mol. The van der Waals surface area contributed by atoms with E-state index in [2.05, 4.69) is 26.6 Å². The van der Waals surface area contributed by atoms with Gasteiger partial charge in [-0.3, -0.25) is 19.9 Å². The number of nitro groups is 1. The van der Waals surface area contributed by atoms with E-state index in [0.717, 1.165) is 39.6 Å². The summed E-state index contributed by atoms with van der Waals surface area (Å²) in [5.74, 6) is 0.353.